The Kier molecular flexibility index (Phi) is 7.32. The molecule has 0 atom stereocenters. The van der Waals surface area contributed by atoms with Crippen molar-refractivity contribution in [2.45, 2.75) is 13.5 Å². The van der Waals surface area contributed by atoms with Crippen LogP contribution < -0.4 is 14.8 Å². The third-order valence-corrected chi connectivity index (χ3v) is 6.72. The smallest absolute Gasteiger partial charge is 0.266 e. The molecule has 33 heavy (non-hydrogen) atoms. The van der Waals surface area contributed by atoms with Crippen LogP contribution in [0.25, 0.3) is 6.08 Å². The van der Waals surface area contributed by atoms with Crippen LogP contribution in [0.2, 0.25) is 0 Å². The number of amides is 2. The molecule has 4 rings (SSSR count). The Morgan fingerprint density at radius 3 is 2.85 bits per heavy atom. The van der Waals surface area contributed by atoms with Crippen molar-refractivity contribution in [3.63, 3.8) is 0 Å². The molecule has 2 aromatic rings. The second-order valence-corrected chi connectivity index (χ2v) is 9.57. The van der Waals surface area contributed by atoms with Crippen molar-refractivity contribution >= 4 is 46.2 Å². The molecule has 7 nitrogen and oxygen atoms in total. The topological polar surface area (TPSA) is 71.1 Å². The van der Waals surface area contributed by atoms with Gasteiger partial charge >= 0.3 is 0 Å². The number of hydrogen-bond donors (Lipinski definition) is 1. The summed E-state index contributed by atoms with van der Waals surface area (Å²) < 4.78 is 11.2. The summed E-state index contributed by atoms with van der Waals surface area (Å²) in [4.78, 5) is 29.2. The fourth-order valence-electron chi connectivity index (χ4n) is 3.59. The fourth-order valence-corrected chi connectivity index (χ4v) is 4.90. The monoisotopic (exact) mass is 483 g/mol. The summed E-state index contributed by atoms with van der Waals surface area (Å²) in [5.41, 5.74) is 3.23. The maximum absolute atomic E-state index is 12.8. The Morgan fingerprint density at radius 1 is 1.24 bits per heavy atom. The van der Waals surface area contributed by atoms with Gasteiger partial charge in [0.25, 0.3) is 5.91 Å². The van der Waals surface area contributed by atoms with Crippen molar-refractivity contribution in [1.29, 1.82) is 0 Å². The minimum Gasteiger partial charge on any atom is -0.454 e. The van der Waals surface area contributed by atoms with E-state index in [-0.39, 0.29) is 25.2 Å². The highest BCUT2D eigenvalue weighted by atomic mass is 32.2. The molecule has 0 radical (unpaired) electrons. The Bertz CT molecular complexity index is 1120. The molecule has 2 amide bonds. The maximum Gasteiger partial charge on any atom is 0.266 e. The van der Waals surface area contributed by atoms with E-state index in [1.165, 1.54) is 27.8 Å². The molecule has 0 bridgehead atoms. The molecule has 2 heterocycles. The summed E-state index contributed by atoms with van der Waals surface area (Å²) in [6, 6.07) is 13.7. The first-order chi connectivity index (χ1) is 15.9. The van der Waals surface area contributed by atoms with E-state index in [4.69, 9.17) is 21.7 Å². The highest BCUT2D eigenvalue weighted by Gasteiger charge is 2.31. The largest absolute Gasteiger partial charge is 0.454 e. The molecule has 2 aromatic carbocycles. The third-order valence-electron chi connectivity index (χ3n) is 5.34. The van der Waals surface area contributed by atoms with Gasteiger partial charge in [-0.15, -0.1) is 0 Å². The lowest BCUT2D eigenvalue weighted by molar-refractivity contribution is -0.124. The Hall–Kier alpha value is -2.88. The number of fused-ring (bicyclic) bond motifs is 1. The molecule has 0 unspecified atom stereocenters. The summed E-state index contributed by atoms with van der Waals surface area (Å²) >= 11 is 6.64. The van der Waals surface area contributed by atoms with Crippen LogP contribution in [-0.4, -0.2) is 59.4 Å². The summed E-state index contributed by atoms with van der Waals surface area (Å²) in [6.07, 6.45) is 1.79. The van der Waals surface area contributed by atoms with Crippen LogP contribution in [-0.2, 0) is 16.1 Å². The number of likely N-dealkylation sites (N-methyl/N-ethyl adjacent to an activating group) is 1. The first kappa shape index (κ1) is 23.3. The van der Waals surface area contributed by atoms with E-state index in [0.717, 1.165) is 5.56 Å². The molecular weight excluding hydrogens is 458 g/mol. The Balaban J connectivity index is 1.26. The van der Waals surface area contributed by atoms with Crippen LogP contribution in [0.3, 0.4) is 0 Å². The molecule has 1 fully saturated rings. The van der Waals surface area contributed by atoms with Crippen molar-refractivity contribution in [3.05, 3.63) is 64.1 Å². The van der Waals surface area contributed by atoms with Crippen LogP contribution in [0.4, 0.5) is 0 Å². The number of nitrogens with zero attached hydrogens (tertiary/aromatic N) is 2. The molecule has 172 valence electrons. The van der Waals surface area contributed by atoms with E-state index in [0.29, 0.717) is 40.4 Å². The second-order valence-electron chi connectivity index (χ2n) is 7.89. The van der Waals surface area contributed by atoms with Crippen LogP contribution in [0.1, 0.15) is 16.7 Å². The predicted octanol–water partition coefficient (Wildman–Crippen LogP) is 3.17. The molecule has 1 saturated heterocycles. The average Bonchev–Trinajstić information content (AvgIpc) is 3.34. The number of thioether (sulfide) groups is 1. The molecule has 9 heteroatoms. The molecule has 1 N–H and O–H groups in total. The highest BCUT2D eigenvalue weighted by molar-refractivity contribution is 8.26. The lowest BCUT2D eigenvalue weighted by atomic mass is 10.1. The van der Waals surface area contributed by atoms with Crippen molar-refractivity contribution in [2.75, 3.05) is 33.5 Å². The number of hydrogen-bond acceptors (Lipinski definition) is 7. The van der Waals surface area contributed by atoms with Gasteiger partial charge in [-0.05, 0) is 48.9 Å². The quantitative estimate of drug-likeness (QED) is 0.457. The highest BCUT2D eigenvalue weighted by Crippen LogP contribution is 2.36. The van der Waals surface area contributed by atoms with Gasteiger partial charge in [0.1, 0.15) is 4.32 Å². The zero-order valence-electron chi connectivity index (χ0n) is 18.5. The SMILES string of the molecule is Cc1ccccc1CN(C)CC(=O)NCCN1C(=O)/C(=C\c2ccc3c(c2)OCO3)SC1=S. The van der Waals surface area contributed by atoms with E-state index in [1.54, 1.807) is 6.08 Å². The molecular formula is C24H25N3O4S2. The third kappa shape index (κ3) is 5.73. The minimum absolute atomic E-state index is 0.0903. The van der Waals surface area contributed by atoms with Gasteiger partial charge in [-0.2, -0.15) is 0 Å². The number of aryl methyl sites for hydroxylation is 1. The number of ether oxygens (including phenoxy) is 2. The normalized spacial score (nSPS) is 16.2. The summed E-state index contributed by atoms with van der Waals surface area (Å²) in [5.74, 6) is 1.11. The Morgan fingerprint density at radius 2 is 2.03 bits per heavy atom. The maximum atomic E-state index is 12.8. The van der Waals surface area contributed by atoms with Gasteiger partial charge < -0.3 is 14.8 Å². The van der Waals surface area contributed by atoms with Gasteiger partial charge in [-0.3, -0.25) is 19.4 Å². The number of benzene rings is 2. The lowest BCUT2D eigenvalue weighted by Crippen LogP contribution is -2.40. The zero-order valence-corrected chi connectivity index (χ0v) is 20.1. The van der Waals surface area contributed by atoms with Gasteiger partial charge in [0.15, 0.2) is 11.5 Å². The van der Waals surface area contributed by atoms with Crippen molar-refractivity contribution < 1.29 is 19.1 Å². The van der Waals surface area contributed by atoms with Crippen LogP contribution in [0.15, 0.2) is 47.4 Å². The summed E-state index contributed by atoms with van der Waals surface area (Å²) in [5, 5.41) is 2.88. The van der Waals surface area contributed by atoms with Gasteiger partial charge in [0.05, 0.1) is 11.4 Å². The average molecular weight is 484 g/mol. The van der Waals surface area contributed by atoms with Crippen LogP contribution in [0, 0.1) is 6.92 Å². The van der Waals surface area contributed by atoms with E-state index in [2.05, 4.69) is 24.4 Å². The van der Waals surface area contributed by atoms with Crippen molar-refractivity contribution in [3.8, 4) is 11.5 Å². The number of rotatable bonds is 8. The number of carbonyl (C=O) groups excluding carboxylic acids is 2. The second kappa shape index (κ2) is 10.4. The first-order valence-corrected chi connectivity index (χ1v) is 11.8. The van der Waals surface area contributed by atoms with Crippen LogP contribution >= 0.6 is 24.0 Å². The molecule has 0 aromatic heterocycles. The molecule has 0 spiro atoms. The standard InChI is InChI=1S/C24H25N3O4S2/c1-16-5-3-4-6-18(16)13-26(2)14-22(28)25-9-10-27-23(29)21(33-24(27)32)12-17-7-8-19-20(11-17)31-15-30-19/h3-8,11-12H,9-10,13-15H2,1-2H3,(H,25,28)/b21-12+. The van der Waals surface area contributed by atoms with Crippen molar-refractivity contribution in [1.82, 2.24) is 15.1 Å². The molecule has 2 aliphatic heterocycles. The molecule has 2 aliphatic rings. The predicted molar refractivity (Wildman–Crippen MR) is 133 cm³/mol. The number of thiocarbonyl (C=S) groups is 1. The summed E-state index contributed by atoms with van der Waals surface area (Å²) in [6.45, 7) is 3.90. The van der Waals surface area contributed by atoms with Crippen LogP contribution in [0.5, 0.6) is 11.5 Å². The van der Waals surface area contributed by atoms with Gasteiger partial charge in [0, 0.05) is 19.6 Å². The fraction of sp³-hybridized carbons (Fsp3) is 0.292. The first-order valence-electron chi connectivity index (χ1n) is 10.6. The van der Waals surface area contributed by atoms with Gasteiger partial charge in [-0.25, -0.2) is 0 Å². The minimum atomic E-state index is -0.159. The van der Waals surface area contributed by atoms with Gasteiger partial charge in [0.2, 0.25) is 12.7 Å². The Labute approximate surface area is 202 Å². The van der Waals surface area contributed by atoms with E-state index in [9.17, 15) is 9.59 Å². The molecule has 0 aliphatic carbocycles. The molecule has 0 saturated carbocycles. The zero-order chi connectivity index (χ0) is 23.4. The van der Waals surface area contributed by atoms with Crippen molar-refractivity contribution in [2.24, 2.45) is 0 Å². The van der Waals surface area contributed by atoms with E-state index in [1.807, 2.05) is 42.3 Å². The van der Waals surface area contributed by atoms with E-state index >= 15 is 0 Å². The summed E-state index contributed by atoms with van der Waals surface area (Å²) in [7, 11) is 1.91. The number of nitrogens with one attached hydrogen (secondary N) is 1. The van der Waals surface area contributed by atoms with E-state index < -0.39 is 0 Å². The number of carbonyl (C=O) groups is 2. The van der Waals surface area contributed by atoms with Gasteiger partial charge in [-0.1, -0.05) is 54.3 Å². The lowest BCUT2D eigenvalue weighted by Gasteiger charge is -2.19.